The van der Waals surface area contributed by atoms with Gasteiger partial charge in [-0.05, 0) is 31.4 Å². The Hall–Kier alpha value is -1.36. The SMILES string of the molecule is C/C=C(\C=C/CC)CN1CCN(CC2=CC(C)(C)C=CC=C2C(C)=O)S1. The topological polar surface area (TPSA) is 23.6 Å². The van der Waals surface area contributed by atoms with Crippen LogP contribution in [-0.2, 0) is 4.79 Å². The van der Waals surface area contributed by atoms with Crippen LogP contribution >= 0.6 is 12.1 Å². The van der Waals surface area contributed by atoms with Gasteiger partial charge >= 0.3 is 0 Å². The smallest absolute Gasteiger partial charge is 0.160 e. The molecule has 2 rings (SSSR count). The standard InChI is InChI=1S/C22H32N2OS/c1-6-8-10-19(7-2)16-23-13-14-24(26-23)17-20-15-22(4,5)12-9-11-21(20)18(3)25/h7-12,15H,6,13-14,16-17H2,1-5H3/b10-8-,19-7+. The van der Waals surface area contributed by atoms with Crippen molar-refractivity contribution in [2.75, 3.05) is 26.2 Å². The van der Waals surface area contributed by atoms with Crippen molar-refractivity contribution in [3.63, 3.8) is 0 Å². The molecule has 0 spiro atoms. The molecule has 1 saturated heterocycles. The summed E-state index contributed by atoms with van der Waals surface area (Å²) in [7, 11) is 0. The summed E-state index contributed by atoms with van der Waals surface area (Å²) in [6.07, 6.45) is 16.1. The maximum absolute atomic E-state index is 12.1. The summed E-state index contributed by atoms with van der Waals surface area (Å²) in [5.74, 6) is 0.139. The Bertz CT molecular complexity index is 668. The van der Waals surface area contributed by atoms with Gasteiger partial charge in [0.15, 0.2) is 5.78 Å². The molecular weight excluding hydrogens is 340 g/mol. The molecule has 4 heteroatoms. The van der Waals surface area contributed by atoms with Crippen LogP contribution in [0.5, 0.6) is 0 Å². The lowest BCUT2D eigenvalue weighted by Gasteiger charge is -2.21. The third-order valence-electron chi connectivity index (χ3n) is 4.53. The van der Waals surface area contributed by atoms with Crippen molar-refractivity contribution in [1.82, 2.24) is 8.61 Å². The van der Waals surface area contributed by atoms with Gasteiger partial charge in [0.2, 0.25) is 0 Å². The van der Waals surface area contributed by atoms with Gasteiger partial charge in [0, 0.05) is 49.3 Å². The molecule has 0 N–H and O–H groups in total. The van der Waals surface area contributed by atoms with E-state index in [4.69, 9.17) is 0 Å². The van der Waals surface area contributed by atoms with E-state index in [1.165, 1.54) is 5.57 Å². The van der Waals surface area contributed by atoms with Crippen LogP contribution in [-0.4, -0.2) is 40.6 Å². The molecule has 26 heavy (non-hydrogen) atoms. The third-order valence-corrected chi connectivity index (χ3v) is 5.62. The van der Waals surface area contributed by atoms with E-state index in [1.54, 1.807) is 19.1 Å². The minimum Gasteiger partial charge on any atom is -0.295 e. The van der Waals surface area contributed by atoms with Crippen LogP contribution < -0.4 is 0 Å². The number of ketones is 1. The monoisotopic (exact) mass is 372 g/mol. The van der Waals surface area contributed by atoms with Gasteiger partial charge in [-0.15, -0.1) is 0 Å². The van der Waals surface area contributed by atoms with E-state index in [2.05, 4.69) is 66.7 Å². The Morgan fingerprint density at radius 1 is 1.31 bits per heavy atom. The highest BCUT2D eigenvalue weighted by Gasteiger charge is 2.26. The van der Waals surface area contributed by atoms with Crippen molar-refractivity contribution >= 4 is 17.9 Å². The van der Waals surface area contributed by atoms with Crippen LogP contribution in [0.4, 0.5) is 0 Å². The van der Waals surface area contributed by atoms with E-state index in [-0.39, 0.29) is 11.2 Å². The Morgan fingerprint density at radius 2 is 2.04 bits per heavy atom. The largest absolute Gasteiger partial charge is 0.295 e. The highest BCUT2D eigenvalue weighted by molar-refractivity contribution is 7.94. The maximum Gasteiger partial charge on any atom is 0.160 e. The number of Topliss-reactive ketones (excluding diaryl/α,β-unsaturated/α-hetero) is 1. The van der Waals surface area contributed by atoms with Gasteiger partial charge in [-0.1, -0.05) is 63.3 Å². The van der Waals surface area contributed by atoms with Crippen molar-refractivity contribution in [3.8, 4) is 0 Å². The van der Waals surface area contributed by atoms with Gasteiger partial charge in [0.1, 0.15) is 0 Å². The molecule has 2 aliphatic rings. The molecule has 1 aliphatic carbocycles. The molecule has 1 heterocycles. The predicted molar refractivity (Wildman–Crippen MR) is 114 cm³/mol. The van der Waals surface area contributed by atoms with Crippen molar-refractivity contribution in [2.24, 2.45) is 5.41 Å². The fourth-order valence-corrected chi connectivity index (χ4v) is 4.19. The number of hydrogen-bond acceptors (Lipinski definition) is 4. The zero-order valence-corrected chi connectivity index (χ0v) is 17.6. The van der Waals surface area contributed by atoms with E-state index in [1.807, 2.05) is 12.2 Å². The van der Waals surface area contributed by atoms with E-state index >= 15 is 0 Å². The molecule has 142 valence electrons. The number of allylic oxidation sites excluding steroid dienone is 6. The summed E-state index contributed by atoms with van der Waals surface area (Å²) < 4.78 is 4.76. The molecule has 0 saturated carbocycles. The number of carbonyl (C=O) groups excluding carboxylic acids is 1. The fourth-order valence-electron chi connectivity index (χ4n) is 3.14. The molecule has 1 aliphatic heterocycles. The quantitative estimate of drug-likeness (QED) is 0.457. The third kappa shape index (κ3) is 6.11. The first-order valence-electron chi connectivity index (χ1n) is 9.47. The van der Waals surface area contributed by atoms with Gasteiger partial charge in [0.25, 0.3) is 0 Å². The Kier molecular flexibility index (Phi) is 7.69. The lowest BCUT2D eigenvalue weighted by molar-refractivity contribution is -0.113. The van der Waals surface area contributed by atoms with E-state index in [0.29, 0.717) is 0 Å². The van der Waals surface area contributed by atoms with Crippen LogP contribution in [0.1, 0.15) is 41.0 Å². The molecular formula is C22H32N2OS. The zero-order chi connectivity index (χ0) is 19.2. The van der Waals surface area contributed by atoms with Crippen LogP contribution in [0.25, 0.3) is 0 Å². The van der Waals surface area contributed by atoms with Crippen molar-refractivity contribution < 1.29 is 4.79 Å². The van der Waals surface area contributed by atoms with E-state index in [0.717, 1.165) is 43.7 Å². The molecule has 0 atom stereocenters. The average molecular weight is 373 g/mol. The van der Waals surface area contributed by atoms with Crippen LogP contribution in [0.3, 0.4) is 0 Å². The van der Waals surface area contributed by atoms with Gasteiger partial charge in [-0.25, -0.2) is 8.61 Å². The molecule has 0 radical (unpaired) electrons. The number of carbonyl (C=O) groups is 1. The molecule has 0 amide bonds. The Morgan fingerprint density at radius 3 is 2.69 bits per heavy atom. The summed E-state index contributed by atoms with van der Waals surface area (Å²) in [6.45, 7) is 14.1. The first-order valence-corrected chi connectivity index (χ1v) is 10.2. The molecule has 0 aromatic heterocycles. The first kappa shape index (κ1) is 20.9. The summed E-state index contributed by atoms with van der Waals surface area (Å²) in [4.78, 5) is 12.1. The second-order valence-corrected chi connectivity index (χ2v) is 8.67. The molecule has 0 aromatic carbocycles. The summed E-state index contributed by atoms with van der Waals surface area (Å²) in [5.41, 5.74) is 3.30. The summed E-state index contributed by atoms with van der Waals surface area (Å²) >= 11 is 1.79. The molecule has 3 nitrogen and oxygen atoms in total. The lowest BCUT2D eigenvalue weighted by atomic mass is 9.89. The highest BCUT2D eigenvalue weighted by atomic mass is 32.2. The normalized spacial score (nSPS) is 21.8. The Balaban J connectivity index is 2.03. The predicted octanol–water partition coefficient (Wildman–Crippen LogP) is 5.12. The first-order chi connectivity index (χ1) is 12.3. The minimum absolute atomic E-state index is 0.0316. The molecule has 0 bridgehead atoms. The second kappa shape index (κ2) is 9.54. The fraction of sp³-hybridized carbons (Fsp3) is 0.500. The van der Waals surface area contributed by atoms with E-state index < -0.39 is 0 Å². The average Bonchev–Trinajstić information content (AvgIpc) is 2.94. The summed E-state index contributed by atoms with van der Waals surface area (Å²) in [5, 5.41) is 0. The zero-order valence-electron chi connectivity index (χ0n) is 16.8. The molecule has 1 fully saturated rings. The van der Waals surface area contributed by atoms with Crippen LogP contribution in [0.2, 0.25) is 0 Å². The maximum atomic E-state index is 12.1. The second-order valence-electron chi connectivity index (χ2n) is 7.47. The van der Waals surface area contributed by atoms with Gasteiger partial charge < -0.3 is 0 Å². The number of rotatable bonds is 7. The van der Waals surface area contributed by atoms with Crippen molar-refractivity contribution in [2.45, 2.75) is 41.0 Å². The molecule has 0 unspecified atom stereocenters. The lowest BCUT2D eigenvalue weighted by Crippen LogP contribution is -2.20. The minimum atomic E-state index is -0.0316. The van der Waals surface area contributed by atoms with Gasteiger partial charge in [-0.3, -0.25) is 4.79 Å². The van der Waals surface area contributed by atoms with Crippen molar-refractivity contribution in [1.29, 1.82) is 0 Å². The summed E-state index contributed by atoms with van der Waals surface area (Å²) in [6, 6.07) is 0. The van der Waals surface area contributed by atoms with Gasteiger partial charge in [0.05, 0.1) is 0 Å². The van der Waals surface area contributed by atoms with Crippen LogP contribution in [0, 0.1) is 5.41 Å². The Labute approximate surface area is 163 Å². The van der Waals surface area contributed by atoms with Crippen molar-refractivity contribution in [3.05, 3.63) is 59.3 Å². The number of hydrogen-bond donors (Lipinski definition) is 0. The molecule has 0 aromatic rings. The highest BCUT2D eigenvalue weighted by Crippen LogP contribution is 2.31. The van der Waals surface area contributed by atoms with Crippen LogP contribution in [0.15, 0.2) is 59.3 Å². The number of nitrogens with zero attached hydrogens (tertiary/aromatic N) is 2. The van der Waals surface area contributed by atoms with Gasteiger partial charge in [-0.2, -0.15) is 0 Å². The van der Waals surface area contributed by atoms with E-state index in [9.17, 15) is 4.79 Å².